The van der Waals surface area contributed by atoms with Gasteiger partial charge in [-0.3, -0.25) is 4.79 Å². The molecule has 1 aliphatic rings. The van der Waals surface area contributed by atoms with Crippen molar-refractivity contribution in [3.63, 3.8) is 0 Å². The van der Waals surface area contributed by atoms with Gasteiger partial charge in [-0.1, -0.05) is 0 Å². The van der Waals surface area contributed by atoms with Crippen LogP contribution in [-0.4, -0.2) is 33.9 Å². The number of primary amides is 1. The minimum Gasteiger partial charge on any atom is -0.315 e. The standard InChI is InChI=1S/C9H9N5O2S/c1-6(15)8-13-7(5-17-8)4-14(9(10)16)11-2-3-12-14/h2-3,5H,4H2,1H3,(H-,10,16)/p+1. The number of urea groups is 1. The summed E-state index contributed by atoms with van der Waals surface area (Å²) in [5, 5.41) is 9.92. The van der Waals surface area contributed by atoms with E-state index in [4.69, 9.17) is 5.73 Å². The Labute approximate surface area is 101 Å². The van der Waals surface area contributed by atoms with Crippen LogP contribution >= 0.6 is 11.3 Å². The molecule has 2 heterocycles. The summed E-state index contributed by atoms with van der Waals surface area (Å²) in [6.45, 7) is 1.55. The summed E-state index contributed by atoms with van der Waals surface area (Å²) in [5.74, 6) is -0.111. The molecule has 1 aromatic heterocycles. The quantitative estimate of drug-likeness (QED) is 0.634. The van der Waals surface area contributed by atoms with E-state index in [-0.39, 0.29) is 12.3 Å². The predicted molar refractivity (Wildman–Crippen MR) is 62.7 cm³/mol. The van der Waals surface area contributed by atoms with Crippen molar-refractivity contribution in [2.45, 2.75) is 13.5 Å². The molecule has 88 valence electrons. The third-order valence-corrected chi connectivity index (χ3v) is 3.16. The number of ketones is 1. The van der Waals surface area contributed by atoms with Crippen LogP contribution < -0.4 is 5.73 Å². The number of quaternary nitrogens is 1. The minimum atomic E-state index is -0.688. The van der Waals surface area contributed by atoms with Gasteiger partial charge >= 0.3 is 6.03 Å². The van der Waals surface area contributed by atoms with Crippen molar-refractivity contribution in [1.29, 1.82) is 0 Å². The Bertz CT molecular complexity index is 521. The van der Waals surface area contributed by atoms with Crippen molar-refractivity contribution in [2.75, 3.05) is 0 Å². The predicted octanol–water partition coefficient (Wildman–Crippen LogP) is 0.726. The summed E-state index contributed by atoms with van der Waals surface area (Å²) in [6.07, 6.45) is 2.81. The number of rotatable bonds is 3. The molecule has 17 heavy (non-hydrogen) atoms. The molecule has 1 aromatic rings. The summed E-state index contributed by atoms with van der Waals surface area (Å²) in [4.78, 5) is 26.5. The van der Waals surface area contributed by atoms with E-state index in [0.717, 1.165) is 0 Å². The summed E-state index contributed by atoms with van der Waals surface area (Å²) in [7, 11) is 0. The summed E-state index contributed by atoms with van der Waals surface area (Å²) < 4.78 is -0.582. The molecule has 2 rings (SSSR count). The molecular formula is C9H10N5O2S+. The Kier molecular flexibility index (Phi) is 2.82. The fourth-order valence-corrected chi connectivity index (χ4v) is 2.06. The Hall–Kier alpha value is -1.93. The molecule has 2 amide bonds. The first-order valence-corrected chi connectivity index (χ1v) is 5.65. The lowest BCUT2D eigenvalue weighted by atomic mass is 10.4. The highest BCUT2D eigenvalue weighted by Gasteiger charge is 2.39. The molecule has 0 saturated carbocycles. The molecule has 2 N–H and O–H groups in total. The van der Waals surface area contributed by atoms with Crippen molar-refractivity contribution in [3.8, 4) is 0 Å². The molecule has 0 aromatic carbocycles. The highest BCUT2D eigenvalue weighted by Crippen LogP contribution is 2.20. The highest BCUT2D eigenvalue weighted by molar-refractivity contribution is 7.11. The number of hydrogen-bond donors (Lipinski definition) is 1. The largest absolute Gasteiger partial charge is 0.468 e. The number of thiazole rings is 1. The highest BCUT2D eigenvalue weighted by atomic mass is 32.1. The normalized spacial score (nSPS) is 16.3. The zero-order valence-electron chi connectivity index (χ0n) is 9.03. The molecule has 1 aliphatic heterocycles. The SMILES string of the molecule is CC(=O)c1nc(C[N+]2(C(N)=O)N=CC=N2)cs1. The van der Waals surface area contributed by atoms with Crippen molar-refractivity contribution < 1.29 is 14.3 Å². The lowest BCUT2D eigenvalue weighted by molar-refractivity contribution is -0.873. The number of amides is 2. The van der Waals surface area contributed by atoms with Gasteiger partial charge in [0.25, 0.3) is 0 Å². The second kappa shape index (κ2) is 4.15. The van der Waals surface area contributed by atoms with Gasteiger partial charge < -0.3 is 5.73 Å². The topological polar surface area (TPSA) is 97.8 Å². The molecule has 0 unspecified atom stereocenters. The van der Waals surface area contributed by atoms with Gasteiger partial charge in [-0.2, -0.15) is 0 Å². The van der Waals surface area contributed by atoms with Gasteiger partial charge in [0, 0.05) is 17.0 Å². The van der Waals surface area contributed by atoms with Crippen LogP contribution in [0.25, 0.3) is 0 Å². The molecule has 0 bridgehead atoms. The van der Waals surface area contributed by atoms with Crippen LogP contribution in [0.4, 0.5) is 4.79 Å². The molecular weight excluding hydrogens is 242 g/mol. The van der Waals surface area contributed by atoms with Crippen LogP contribution in [0.5, 0.6) is 0 Å². The van der Waals surface area contributed by atoms with E-state index >= 15 is 0 Å². The fourth-order valence-electron chi connectivity index (χ4n) is 1.35. The number of nitrogens with two attached hydrogens (primary N) is 1. The van der Waals surface area contributed by atoms with Gasteiger partial charge in [-0.05, 0) is 10.2 Å². The number of Topliss-reactive ketones (excluding diaryl/α,β-unsaturated/α-hetero) is 1. The number of carbonyl (C=O) groups is 2. The summed E-state index contributed by atoms with van der Waals surface area (Å²) >= 11 is 1.22. The molecule has 7 nitrogen and oxygen atoms in total. The Morgan fingerprint density at radius 3 is 2.53 bits per heavy atom. The van der Waals surface area contributed by atoms with Crippen LogP contribution in [0.3, 0.4) is 0 Å². The molecule has 0 saturated heterocycles. The van der Waals surface area contributed by atoms with E-state index in [1.807, 2.05) is 0 Å². The monoisotopic (exact) mass is 252 g/mol. The average Bonchev–Trinajstić information content (AvgIpc) is 2.88. The number of nitrogens with zero attached hydrogens (tertiary/aromatic N) is 4. The molecule has 8 heteroatoms. The Morgan fingerprint density at radius 1 is 1.41 bits per heavy atom. The Morgan fingerprint density at radius 2 is 2.06 bits per heavy atom. The maximum Gasteiger partial charge on any atom is 0.468 e. The maximum absolute atomic E-state index is 11.3. The number of hydrogen-bond acceptors (Lipinski definition) is 6. The summed E-state index contributed by atoms with van der Waals surface area (Å²) in [6, 6.07) is -0.688. The third kappa shape index (κ3) is 2.12. The van der Waals surface area contributed by atoms with Crippen LogP contribution in [0.1, 0.15) is 22.4 Å². The zero-order valence-corrected chi connectivity index (χ0v) is 9.85. The van der Waals surface area contributed by atoms with Crippen LogP contribution in [0.2, 0.25) is 0 Å². The molecule has 0 radical (unpaired) electrons. The van der Waals surface area contributed by atoms with Crippen molar-refractivity contribution in [1.82, 2.24) is 4.98 Å². The van der Waals surface area contributed by atoms with E-state index in [1.165, 1.54) is 30.7 Å². The van der Waals surface area contributed by atoms with Crippen LogP contribution in [0.15, 0.2) is 15.6 Å². The first-order valence-electron chi connectivity index (χ1n) is 4.77. The maximum atomic E-state index is 11.3. The Balaban J connectivity index is 2.24. The fraction of sp³-hybridized carbons (Fsp3) is 0.222. The first kappa shape index (κ1) is 11.6. The molecule has 0 spiro atoms. The van der Waals surface area contributed by atoms with E-state index in [9.17, 15) is 9.59 Å². The van der Waals surface area contributed by atoms with Gasteiger partial charge in [-0.15, -0.1) is 11.3 Å². The van der Waals surface area contributed by atoms with Gasteiger partial charge in [-0.25, -0.2) is 9.78 Å². The summed E-state index contributed by atoms with van der Waals surface area (Å²) in [5.41, 5.74) is 5.83. The van der Waals surface area contributed by atoms with Crippen LogP contribution in [0, 0.1) is 0 Å². The molecule has 0 fully saturated rings. The van der Waals surface area contributed by atoms with E-state index in [0.29, 0.717) is 10.7 Å². The first-order chi connectivity index (χ1) is 8.03. The lowest BCUT2D eigenvalue weighted by Crippen LogP contribution is -2.45. The van der Waals surface area contributed by atoms with Crippen molar-refractivity contribution >= 4 is 35.6 Å². The van der Waals surface area contributed by atoms with Gasteiger partial charge in [0.05, 0.1) is 0 Å². The van der Waals surface area contributed by atoms with Crippen molar-refractivity contribution in [3.05, 3.63) is 16.1 Å². The van der Waals surface area contributed by atoms with E-state index < -0.39 is 10.7 Å². The lowest BCUT2D eigenvalue weighted by Gasteiger charge is -2.15. The number of aromatic nitrogens is 1. The van der Waals surface area contributed by atoms with Gasteiger partial charge in [0.15, 0.2) is 17.3 Å². The van der Waals surface area contributed by atoms with Crippen LogP contribution in [-0.2, 0) is 6.54 Å². The minimum absolute atomic E-state index is 0.111. The average molecular weight is 252 g/mol. The third-order valence-electron chi connectivity index (χ3n) is 2.17. The smallest absolute Gasteiger partial charge is 0.315 e. The van der Waals surface area contributed by atoms with Gasteiger partial charge in [0.1, 0.15) is 18.1 Å². The van der Waals surface area contributed by atoms with E-state index in [1.54, 1.807) is 5.38 Å². The second-order valence-corrected chi connectivity index (χ2v) is 4.31. The second-order valence-electron chi connectivity index (χ2n) is 3.46. The zero-order chi connectivity index (χ0) is 12.5. The molecule has 0 atom stereocenters. The molecule has 0 aliphatic carbocycles. The number of carbonyl (C=O) groups excluding carboxylic acids is 2. The van der Waals surface area contributed by atoms with E-state index in [2.05, 4.69) is 15.2 Å². The van der Waals surface area contributed by atoms with Gasteiger partial charge in [0.2, 0.25) is 0 Å². The van der Waals surface area contributed by atoms with Crippen molar-refractivity contribution in [2.24, 2.45) is 15.9 Å².